The summed E-state index contributed by atoms with van der Waals surface area (Å²) >= 11 is 0. The first-order valence-corrected chi connectivity index (χ1v) is 7.93. The summed E-state index contributed by atoms with van der Waals surface area (Å²) in [5.41, 5.74) is 0. The minimum absolute atomic E-state index is 0. The number of rotatable bonds is 2. The lowest BCUT2D eigenvalue weighted by Crippen LogP contribution is -2.28. The molecule has 1 aromatic carbocycles. The average molecular weight is 328 g/mol. The molecule has 2 aromatic rings. The molecule has 5 nitrogen and oxygen atoms in total. The van der Waals surface area contributed by atoms with E-state index < -0.39 is 10.7 Å². The molecule has 0 radical (unpaired) electrons. The maximum absolute atomic E-state index is 11.4. The summed E-state index contributed by atoms with van der Waals surface area (Å²) in [6.07, 6.45) is 2.76. The largest absolute Gasteiger partial charge is 0.355 e. The first-order valence-electron chi connectivity index (χ1n) is 6.75. The fourth-order valence-corrected chi connectivity index (χ4v) is 3.24. The number of hydrogen-bond donors (Lipinski definition) is 2. The molecule has 0 spiro atoms. The minimum Gasteiger partial charge on any atom is -0.355 e. The van der Waals surface area contributed by atoms with E-state index in [0.29, 0.717) is 4.90 Å². The number of aromatic nitrogens is 1. The number of benzene rings is 1. The highest BCUT2D eigenvalue weighted by molar-refractivity contribution is 7.72. The predicted octanol–water partition coefficient (Wildman–Crippen LogP) is 1.43. The van der Waals surface area contributed by atoms with Crippen LogP contribution in [-0.2, 0) is 10.7 Å². The highest BCUT2D eigenvalue weighted by Crippen LogP contribution is 2.27. The lowest BCUT2D eigenvalue weighted by atomic mass is 10.1. The summed E-state index contributed by atoms with van der Waals surface area (Å²) in [6.45, 7) is 3.76. The van der Waals surface area contributed by atoms with Crippen LogP contribution in [0.1, 0.15) is 6.42 Å². The van der Waals surface area contributed by atoms with Crippen molar-refractivity contribution < 1.29 is 8.42 Å². The van der Waals surface area contributed by atoms with Crippen molar-refractivity contribution in [2.24, 2.45) is 0 Å². The standard InChI is InChI=1S/C14H17N3O2S.ClH/c18-20(19)13-4-1-3-12-11(13)5-7-16-14(12)17-9-2-6-15-8-10-17;/h1,3-5,7,15,20H,2,6,8-10H2;1H. The monoisotopic (exact) mass is 327 g/mol. The van der Waals surface area contributed by atoms with E-state index >= 15 is 0 Å². The van der Waals surface area contributed by atoms with Gasteiger partial charge in [0.2, 0.25) is 0 Å². The number of halogens is 1. The topological polar surface area (TPSA) is 62.3 Å². The molecule has 1 aliphatic rings. The van der Waals surface area contributed by atoms with Crippen LogP contribution in [-0.4, -0.2) is 39.6 Å². The third-order valence-corrected chi connectivity index (χ3v) is 4.38. The third kappa shape index (κ3) is 3.28. The molecule has 0 saturated carbocycles. The molecule has 3 rings (SSSR count). The number of nitrogens with zero attached hydrogens (tertiary/aromatic N) is 2. The first kappa shape index (κ1) is 16.0. The Morgan fingerprint density at radius 1 is 1.10 bits per heavy atom. The van der Waals surface area contributed by atoms with Crippen molar-refractivity contribution in [3.63, 3.8) is 0 Å². The molecule has 0 atom stereocenters. The molecular weight excluding hydrogens is 310 g/mol. The van der Waals surface area contributed by atoms with Crippen LogP contribution in [0.3, 0.4) is 0 Å². The van der Waals surface area contributed by atoms with E-state index in [1.807, 2.05) is 6.07 Å². The minimum atomic E-state index is -2.59. The number of fused-ring (bicyclic) bond motifs is 1. The van der Waals surface area contributed by atoms with Gasteiger partial charge in [0.25, 0.3) is 0 Å². The van der Waals surface area contributed by atoms with Crippen LogP contribution in [0.2, 0.25) is 0 Å². The van der Waals surface area contributed by atoms with Gasteiger partial charge in [-0.3, -0.25) is 0 Å². The van der Waals surface area contributed by atoms with Gasteiger partial charge < -0.3 is 10.2 Å². The second-order valence-corrected chi connectivity index (χ2v) is 5.85. The summed E-state index contributed by atoms with van der Waals surface area (Å²) in [5.74, 6) is 0.880. The molecule has 1 N–H and O–H groups in total. The highest BCUT2D eigenvalue weighted by atomic mass is 35.5. The van der Waals surface area contributed by atoms with Gasteiger partial charge in [-0.25, -0.2) is 13.4 Å². The number of thiol groups is 1. The molecule has 0 unspecified atom stereocenters. The Labute approximate surface area is 131 Å². The van der Waals surface area contributed by atoms with Gasteiger partial charge >= 0.3 is 0 Å². The molecule has 1 aromatic heterocycles. The van der Waals surface area contributed by atoms with Gasteiger partial charge in [0.05, 0.1) is 4.90 Å². The van der Waals surface area contributed by atoms with Crippen LogP contribution in [0, 0.1) is 0 Å². The van der Waals surface area contributed by atoms with Crippen molar-refractivity contribution in [3.05, 3.63) is 30.5 Å². The van der Waals surface area contributed by atoms with Crippen LogP contribution in [0.25, 0.3) is 10.8 Å². The van der Waals surface area contributed by atoms with Gasteiger partial charge in [-0.1, -0.05) is 12.1 Å². The summed E-state index contributed by atoms with van der Waals surface area (Å²) < 4.78 is 22.7. The van der Waals surface area contributed by atoms with Crippen LogP contribution in [0.4, 0.5) is 5.82 Å². The quantitative estimate of drug-likeness (QED) is 0.817. The summed E-state index contributed by atoms with van der Waals surface area (Å²) in [5, 5.41) is 5.02. The summed E-state index contributed by atoms with van der Waals surface area (Å²) in [7, 11) is -2.59. The van der Waals surface area contributed by atoms with Gasteiger partial charge in [-0.15, -0.1) is 12.4 Å². The Balaban J connectivity index is 0.00000161. The zero-order valence-electron chi connectivity index (χ0n) is 11.5. The first-order chi connectivity index (χ1) is 9.77. The van der Waals surface area contributed by atoms with Crippen molar-refractivity contribution in [1.29, 1.82) is 0 Å². The van der Waals surface area contributed by atoms with Gasteiger partial charge in [0, 0.05) is 36.6 Å². The van der Waals surface area contributed by atoms with E-state index in [1.165, 1.54) is 0 Å². The maximum Gasteiger partial charge on any atom is 0.168 e. The highest BCUT2D eigenvalue weighted by Gasteiger charge is 2.15. The lowest BCUT2D eigenvalue weighted by molar-refractivity contribution is 0.615. The average Bonchev–Trinajstić information content (AvgIpc) is 2.74. The van der Waals surface area contributed by atoms with E-state index in [4.69, 9.17) is 0 Å². The molecule has 1 saturated heterocycles. The predicted molar refractivity (Wildman–Crippen MR) is 87.3 cm³/mol. The smallest absolute Gasteiger partial charge is 0.168 e. The Hall–Kier alpha value is -1.37. The van der Waals surface area contributed by atoms with Crippen molar-refractivity contribution in [2.75, 3.05) is 31.1 Å². The Morgan fingerprint density at radius 2 is 1.95 bits per heavy atom. The maximum atomic E-state index is 11.4. The summed E-state index contributed by atoms with van der Waals surface area (Å²) in [4.78, 5) is 7.07. The summed E-state index contributed by atoms with van der Waals surface area (Å²) in [6, 6.07) is 7.14. The Bertz CT molecular complexity index is 690. The van der Waals surface area contributed by atoms with E-state index in [0.717, 1.165) is 49.2 Å². The molecule has 114 valence electrons. The molecule has 2 heterocycles. The van der Waals surface area contributed by atoms with Gasteiger partial charge in [0.15, 0.2) is 10.7 Å². The van der Waals surface area contributed by atoms with E-state index in [9.17, 15) is 8.42 Å². The zero-order chi connectivity index (χ0) is 13.9. The van der Waals surface area contributed by atoms with E-state index in [-0.39, 0.29) is 12.4 Å². The van der Waals surface area contributed by atoms with Crippen molar-refractivity contribution in [3.8, 4) is 0 Å². The van der Waals surface area contributed by atoms with Crippen molar-refractivity contribution >= 4 is 39.7 Å². The van der Waals surface area contributed by atoms with Gasteiger partial charge in [-0.2, -0.15) is 0 Å². The van der Waals surface area contributed by atoms with Crippen LogP contribution in [0.5, 0.6) is 0 Å². The normalized spacial score (nSPS) is 15.8. The third-order valence-electron chi connectivity index (χ3n) is 3.60. The number of hydrogen-bond acceptors (Lipinski definition) is 5. The number of nitrogens with one attached hydrogen (secondary N) is 1. The molecule has 0 amide bonds. The van der Waals surface area contributed by atoms with Crippen molar-refractivity contribution in [1.82, 2.24) is 10.3 Å². The number of pyridine rings is 1. The Kier molecular flexibility index (Phi) is 5.39. The second-order valence-electron chi connectivity index (χ2n) is 4.85. The fraction of sp³-hybridized carbons (Fsp3) is 0.357. The molecule has 0 aliphatic carbocycles. The van der Waals surface area contributed by atoms with Gasteiger partial charge in [-0.05, 0) is 25.1 Å². The van der Waals surface area contributed by atoms with E-state index in [1.54, 1.807) is 24.4 Å². The SMILES string of the molecule is Cl.O=[SH](=O)c1cccc2c(N3CCCNCC3)nccc12. The zero-order valence-corrected chi connectivity index (χ0v) is 13.2. The van der Waals surface area contributed by atoms with Gasteiger partial charge in [0.1, 0.15) is 5.82 Å². The molecule has 21 heavy (non-hydrogen) atoms. The molecule has 1 fully saturated rings. The second kappa shape index (κ2) is 7.06. The van der Waals surface area contributed by atoms with Crippen molar-refractivity contribution in [2.45, 2.75) is 11.3 Å². The molecule has 7 heteroatoms. The number of anilines is 1. The van der Waals surface area contributed by atoms with Crippen LogP contribution in [0.15, 0.2) is 35.4 Å². The molecule has 0 bridgehead atoms. The van der Waals surface area contributed by atoms with E-state index in [2.05, 4.69) is 15.2 Å². The molecular formula is C14H18ClN3O2S. The fourth-order valence-electron chi connectivity index (χ4n) is 2.64. The van der Waals surface area contributed by atoms with Crippen LogP contribution >= 0.6 is 12.4 Å². The lowest BCUT2D eigenvalue weighted by Gasteiger charge is -2.22. The molecule has 1 aliphatic heterocycles. The Morgan fingerprint density at radius 3 is 2.76 bits per heavy atom. The van der Waals surface area contributed by atoms with Crippen LogP contribution < -0.4 is 10.2 Å².